The van der Waals surface area contributed by atoms with Crippen molar-refractivity contribution in [3.63, 3.8) is 0 Å². The molecule has 1 saturated heterocycles. The predicted molar refractivity (Wildman–Crippen MR) is 49.9 cm³/mol. The number of hydrogen-bond donors (Lipinski definition) is 0. The topological polar surface area (TPSA) is 29.5 Å². The van der Waals surface area contributed by atoms with Crippen LogP contribution in [-0.2, 0) is 8.98 Å². The Labute approximate surface area is 77.7 Å². The number of hydrogen-bond acceptors (Lipinski definition) is 4. The number of rotatable bonds is 2. The molecule has 1 heterocycles. The molecule has 0 aliphatic carbocycles. The molecule has 0 bridgehead atoms. The largest absolute Gasteiger partial charge is 0.391 e. The maximum Gasteiger partial charge on any atom is 0.314 e. The van der Waals surface area contributed by atoms with Crippen molar-refractivity contribution in [2.45, 2.75) is 25.0 Å². The third-order valence-electron chi connectivity index (χ3n) is 1.88. The molecule has 0 aromatic rings. The van der Waals surface area contributed by atoms with Gasteiger partial charge >= 0.3 is 5.97 Å². The minimum atomic E-state index is -0.201. The quantitative estimate of drug-likeness (QED) is 0.612. The highest BCUT2D eigenvalue weighted by Gasteiger charge is 2.19. The zero-order valence-corrected chi connectivity index (χ0v) is 8.39. The van der Waals surface area contributed by atoms with Crippen LogP contribution in [-0.4, -0.2) is 36.3 Å². The van der Waals surface area contributed by atoms with Crippen molar-refractivity contribution in [2.24, 2.45) is 0 Å². The molecule has 4 heteroatoms. The average molecular weight is 189 g/mol. The Bertz CT molecular complexity index is 163. The van der Waals surface area contributed by atoms with Gasteiger partial charge in [-0.1, -0.05) is 0 Å². The monoisotopic (exact) mass is 189 g/mol. The second kappa shape index (κ2) is 4.72. The van der Waals surface area contributed by atoms with Crippen molar-refractivity contribution >= 4 is 18.0 Å². The van der Waals surface area contributed by atoms with Gasteiger partial charge in [0, 0.05) is 13.5 Å². The van der Waals surface area contributed by atoms with Crippen LogP contribution in [0.3, 0.4) is 0 Å². The fourth-order valence-corrected chi connectivity index (χ4v) is 2.18. The van der Waals surface area contributed by atoms with Crippen molar-refractivity contribution in [3.05, 3.63) is 0 Å². The number of carbonyl (C=O) groups is 1. The molecule has 0 aromatic carbocycles. The van der Waals surface area contributed by atoms with E-state index in [9.17, 15) is 4.79 Å². The van der Waals surface area contributed by atoms with Gasteiger partial charge in [-0.05, 0) is 26.4 Å². The lowest BCUT2D eigenvalue weighted by atomic mass is 10.1. The van der Waals surface area contributed by atoms with E-state index in [1.165, 1.54) is 25.4 Å². The highest BCUT2D eigenvalue weighted by Crippen LogP contribution is 2.22. The van der Waals surface area contributed by atoms with Crippen molar-refractivity contribution < 1.29 is 8.98 Å². The molecule has 70 valence electrons. The predicted octanol–water partition coefficient (Wildman–Crippen LogP) is 1.29. The van der Waals surface area contributed by atoms with Crippen LogP contribution >= 0.6 is 12.0 Å². The molecule has 1 atom stereocenters. The van der Waals surface area contributed by atoms with Crippen LogP contribution in [0.4, 0.5) is 0 Å². The summed E-state index contributed by atoms with van der Waals surface area (Å²) in [5.74, 6) is -0.201. The minimum Gasteiger partial charge on any atom is -0.391 e. The van der Waals surface area contributed by atoms with E-state index >= 15 is 0 Å². The normalized spacial score (nSPS) is 25.3. The second-order valence-corrected chi connectivity index (χ2v) is 4.22. The summed E-state index contributed by atoms with van der Waals surface area (Å²) < 4.78 is 4.88. The Morgan fingerprint density at radius 1 is 1.67 bits per heavy atom. The lowest BCUT2D eigenvalue weighted by Gasteiger charge is -2.27. The van der Waals surface area contributed by atoms with Crippen LogP contribution in [0, 0.1) is 0 Å². The first kappa shape index (κ1) is 9.86. The molecule has 0 N–H and O–H groups in total. The first-order chi connectivity index (χ1) is 5.68. The molecule has 1 aliphatic rings. The van der Waals surface area contributed by atoms with E-state index in [1.54, 1.807) is 0 Å². The van der Waals surface area contributed by atoms with E-state index < -0.39 is 0 Å². The summed E-state index contributed by atoms with van der Waals surface area (Å²) in [4.78, 5) is 12.8. The van der Waals surface area contributed by atoms with Crippen LogP contribution in [0.15, 0.2) is 0 Å². The maximum atomic E-state index is 10.5. The Morgan fingerprint density at radius 3 is 3.00 bits per heavy atom. The Balaban J connectivity index is 2.18. The summed E-state index contributed by atoms with van der Waals surface area (Å²) in [6, 6.07) is 0. The molecule has 0 radical (unpaired) electrons. The first-order valence-corrected chi connectivity index (χ1v) is 5.01. The van der Waals surface area contributed by atoms with Crippen LogP contribution in [0.25, 0.3) is 0 Å². The molecule has 0 saturated carbocycles. The van der Waals surface area contributed by atoms with Crippen LogP contribution in [0.5, 0.6) is 0 Å². The Morgan fingerprint density at radius 2 is 2.42 bits per heavy atom. The third-order valence-corrected chi connectivity index (χ3v) is 2.87. The van der Waals surface area contributed by atoms with E-state index in [1.807, 2.05) is 0 Å². The van der Waals surface area contributed by atoms with Crippen molar-refractivity contribution in [2.75, 3.05) is 20.1 Å². The molecule has 0 unspecified atom stereocenters. The van der Waals surface area contributed by atoms with E-state index in [-0.39, 0.29) is 5.97 Å². The van der Waals surface area contributed by atoms with Crippen LogP contribution in [0.2, 0.25) is 0 Å². The molecule has 3 nitrogen and oxygen atoms in total. The zero-order chi connectivity index (χ0) is 8.97. The molecule has 0 spiro atoms. The smallest absolute Gasteiger partial charge is 0.314 e. The Hall–Kier alpha value is -0.220. The number of likely N-dealkylation sites (tertiary alicyclic amines) is 1. The highest BCUT2D eigenvalue weighted by molar-refractivity contribution is 7.95. The summed E-state index contributed by atoms with van der Waals surface area (Å²) in [6.45, 7) is 3.63. The molecule has 1 fully saturated rings. The van der Waals surface area contributed by atoms with Crippen LogP contribution < -0.4 is 0 Å². The molecule has 1 aliphatic heterocycles. The van der Waals surface area contributed by atoms with Gasteiger partial charge in [-0.2, -0.15) is 0 Å². The van der Waals surface area contributed by atoms with Gasteiger partial charge in [0.05, 0.1) is 17.3 Å². The van der Waals surface area contributed by atoms with Gasteiger partial charge in [0.25, 0.3) is 0 Å². The lowest BCUT2D eigenvalue weighted by molar-refractivity contribution is -0.130. The van der Waals surface area contributed by atoms with Gasteiger partial charge in [-0.25, -0.2) is 0 Å². The highest BCUT2D eigenvalue weighted by atomic mass is 32.2. The standard InChI is InChI=1S/C8H15NO2S/c1-7(10)11-12-8-4-3-5-9(2)6-8/h8H,3-6H2,1-2H3/t8-/m1/s1. The van der Waals surface area contributed by atoms with Gasteiger partial charge in [0.2, 0.25) is 0 Å². The van der Waals surface area contributed by atoms with Gasteiger partial charge in [0.1, 0.15) is 0 Å². The summed E-state index contributed by atoms with van der Waals surface area (Å²) in [5, 5.41) is 0.465. The van der Waals surface area contributed by atoms with Crippen molar-refractivity contribution in [1.82, 2.24) is 4.90 Å². The van der Waals surface area contributed by atoms with Gasteiger partial charge in [0.15, 0.2) is 0 Å². The molecule has 1 rings (SSSR count). The van der Waals surface area contributed by atoms with E-state index in [0.29, 0.717) is 5.25 Å². The summed E-state index contributed by atoms with van der Waals surface area (Å²) >= 11 is 1.32. The Kier molecular flexibility index (Phi) is 3.88. The maximum absolute atomic E-state index is 10.5. The van der Waals surface area contributed by atoms with Crippen molar-refractivity contribution in [3.8, 4) is 0 Å². The lowest BCUT2D eigenvalue weighted by Crippen LogP contribution is -2.33. The third kappa shape index (κ3) is 3.45. The number of nitrogens with zero attached hydrogens (tertiary/aromatic N) is 1. The average Bonchev–Trinajstić information content (AvgIpc) is 2.01. The zero-order valence-electron chi connectivity index (χ0n) is 7.58. The first-order valence-electron chi connectivity index (χ1n) is 4.21. The van der Waals surface area contributed by atoms with E-state index in [2.05, 4.69) is 11.9 Å². The molecule has 12 heavy (non-hydrogen) atoms. The molecule has 0 amide bonds. The summed E-state index contributed by atoms with van der Waals surface area (Å²) in [5.41, 5.74) is 0. The fourth-order valence-electron chi connectivity index (χ4n) is 1.33. The van der Waals surface area contributed by atoms with Gasteiger partial charge < -0.3 is 9.08 Å². The summed E-state index contributed by atoms with van der Waals surface area (Å²) in [6.07, 6.45) is 2.36. The summed E-state index contributed by atoms with van der Waals surface area (Å²) in [7, 11) is 2.10. The van der Waals surface area contributed by atoms with Crippen molar-refractivity contribution in [1.29, 1.82) is 0 Å². The van der Waals surface area contributed by atoms with E-state index in [4.69, 9.17) is 4.18 Å². The molecular formula is C8H15NO2S. The number of piperidine rings is 1. The second-order valence-electron chi connectivity index (χ2n) is 3.20. The minimum absolute atomic E-state index is 0.201. The fraction of sp³-hybridized carbons (Fsp3) is 0.875. The van der Waals surface area contributed by atoms with Crippen LogP contribution in [0.1, 0.15) is 19.8 Å². The van der Waals surface area contributed by atoms with Gasteiger partial charge in [-0.3, -0.25) is 4.79 Å². The molecular weight excluding hydrogens is 174 g/mol. The molecule has 0 aromatic heterocycles. The number of carbonyl (C=O) groups excluding carboxylic acids is 1. The van der Waals surface area contributed by atoms with E-state index in [0.717, 1.165) is 19.5 Å². The SMILES string of the molecule is CC(=O)OS[C@@H]1CCCN(C)C1. The van der Waals surface area contributed by atoms with Gasteiger partial charge in [-0.15, -0.1) is 0 Å².